The Morgan fingerprint density at radius 1 is 1.48 bits per heavy atom. The Morgan fingerprint density at radius 2 is 2.22 bits per heavy atom. The average Bonchev–Trinajstić information content (AvgIpc) is 3.09. The maximum absolute atomic E-state index is 10.4. The fourth-order valence-electron chi connectivity index (χ4n) is 2.81. The highest BCUT2D eigenvalue weighted by Crippen LogP contribution is 2.45. The van der Waals surface area contributed by atoms with Gasteiger partial charge in [0.25, 0.3) is 0 Å². The van der Waals surface area contributed by atoms with Gasteiger partial charge in [0.05, 0.1) is 16.9 Å². The normalized spacial score (nSPS) is 33.5. The molecule has 1 fully saturated rings. The zero-order valence-corrected chi connectivity index (χ0v) is 12.1. The van der Waals surface area contributed by atoms with Gasteiger partial charge in [-0.05, 0) is 19.1 Å². The van der Waals surface area contributed by atoms with Crippen molar-refractivity contribution in [1.29, 1.82) is 5.26 Å². The number of nitriles is 1. The van der Waals surface area contributed by atoms with Gasteiger partial charge in [0.1, 0.15) is 18.5 Å². The van der Waals surface area contributed by atoms with Crippen molar-refractivity contribution in [2.45, 2.75) is 30.5 Å². The second-order valence-corrected chi connectivity index (χ2v) is 5.31. The quantitative estimate of drug-likeness (QED) is 0.614. The molecule has 118 valence electrons. The number of aryl methyl sites for hydroxylation is 1. The van der Waals surface area contributed by atoms with Gasteiger partial charge in [0.15, 0.2) is 12.7 Å². The van der Waals surface area contributed by atoms with Crippen LogP contribution in [-0.2, 0) is 10.3 Å². The van der Waals surface area contributed by atoms with Gasteiger partial charge < -0.3 is 15.3 Å². The molecule has 2 aromatic rings. The van der Waals surface area contributed by atoms with Gasteiger partial charge in [0, 0.05) is 0 Å². The minimum absolute atomic E-state index is 0.144. The van der Waals surface area contributed by atoms with Crippen molar-refractivity contribution in [3.63, 3.8) is 0 Å². The molecule has 1 aliphatic rings. The van der Waals surface area contributed by atoms with Crippen LogP contribution in [-0.4, -0.2) is 54.5 Å². The van der Waals surface area contributed by atoms with Crippen LogP contribution in [0.2, 0.25) is 0 Å². The molecular formula is C14H13N5O4. The maximum Gasteiger partial charge on any atom is 0.390 e. The molecule has 1 aliphatic heterocycles. The topological polar surface area (TPSA) is 128 Å². The second-order valence-electron chi connectivity index (χ2n) is 5.31. The van der Waals surface area contributed by atoms with E-state index in [9.17, 15) is 20.6 Å². The highest BCUT2D eigenvalue weighted by Gasteiger charge is 2.69. The van der Waals surface area contributed by atoms with Gasteiger partial charge >= 0.3 is 5.72 Å². The lowest BCUT2D eigenvalue weighted by Crippen LogP contribution is -2.44. The van der Waals surface area contributed by atoms with E-state index in [0.29, 0.717) is 11.2 Å². The number of aliphatic hydroxyl groups excluding tert-OH is 3. The number of aromatic nitrogens is 3. The first-order valence-corrected chi connectivity index (χ1v) is 6.72. The Bertz CT molecular complexity index is 853. The van der Waals surface area contributed by atoms with Crippen molar-refractivity contribution in [3.8, 4) is 6.07 Å². The summed E-state index contributed by atoms with van der Waals surface area (Å²) in [5.74, 6) is 0. The van der Waals surface area contributed by atoms with Crippen LogP contribution in [0.1, 0.15) is 11.4 Å². The third kappa shape index (κ3) is 1.79. The molecule has 0 unspecified atom stereocenters. The number of nitrogens with zero attached hydrogens (tertiary/aromatic N) is 5. The molecule has 0 saturated carbocycles. The van der Waals surface area contributed by atoms with Gasteiger partial charge in [-0.25, -0.2) is 16.1 Å². The van der Waals surface area contributed by atoms with Crippen molar-refractivity contribution in [1.82, 2.24) is 14.6 Å². The molecule has 3 N–H and O–H groups in total. The SMILES string of the molecule is [C-]#[N+][C@]1(CO)O[C@@](C#N)(c2ccc3c(C)ncnn23)[C@H](O)[C@@H]1O. The van der Waals surface area contributed by atoms with Crippen LogP contribution in [0.25, 0.3) is 10.4 Å². The minimum atomic E-state index is -2.11. The lowest BCUT2D eigenvalue weighted by atomic mass is 9.91. The summed E-state index contributed by atoms with van der Waals surface area (Å²) < 4.78 is 6.81. The Hall–Kier alpha value is -2.56. The standard InChI is InChI=1S/C14H13N5O4/c1-8-9-3-4-10(19(9)18-7-17-8)13(5-15)11(21)12(22)14(6-20,16-2)23-13/h3-4,7,11-12,20-22H,6H2,1H3/t11-,12+,13+,14-/m1/s1. The van der Waals surface area contributed by atoms with Crippen molar-refractivity contribution in [3.05, 3.63) is 41.3 Å². The van der Waals surface area contributed by atoms with Crippen molar-refractivity contribution < 1.29 is 20.1 Å². The molecule has 0 amide bonds. The van der Waals surface area contributed by atoms with Crippen LogP contribution >= 0.6 is 0 Å². The number of hydrogen-bond acceptors (Lipinski definition) is 7. The van der Waals surface area contributed by atoms with Gasteiger partial charge in [-0.2, -0.15) is 10.4 Å². The first-order chi connectivity index (χ1) is 11.0. The molecule has 0 aliphatic carbocycles. The molecule has 2 aromatic heterocycles. The van der Waals surface area contributed by atoms with Crippen LogP contribution in [0, 0.1) is 24.8 Å². The van der Waals surface area contributed by atoms with Crippen molar-refractivity contribution >= 4 is 5.52 Å². The second kappa shape index (κ2) is 4.98. The van der Waals surface area contributed by atoms with Crippen molar-refractivity contribution in [2.75, 3.05) is 6.61 Å². The highest BCUT2D eigenvalue weighted by atomic mass is 16.6. The summed E-state index contributed by atoms with van der Waals surface area (Å²) >= 11 is 0. The Labute approximate surface area is 130 Å². The molecule has 0 spiro atoms. The van der Waals surface area contributed by atoms with E-state index in [0.717, 1.165) is 0 Å². The summed E-state index contributed by atoms with van der Waals surface area (Å²) in [6, 6.07) is 4.98. The van der Waals surface area contributed by atoms with Crippen LogP contribution in [0.3, 0.4) is 0 Å². The monoisotopic (exact) mass is 315 g/mol. The highest BCUT2D eigenvalue weighted by molar-refractivity contribution is 5.54. The third-order valence-electron chi connectivity index (χ3n) is 4.12. The fourth-order valence-corrected chi connectivity index (χ4v) is 2.81. The van der Waals surface area contributed by atoms with Crippen LogP contribution in [0.4, 0.5) is 0 Å². The molecule has 0 radical (unpaired) electrons. The summed E-state index contributed by atoms with van der Waals surface area (Å²) in [7, 11) is 0. The molecular weight excluding hydrogens is 302 g/mol. The molecule has 3 rings (SSSR count). The molecule has 23 heavy (non-hydrogen) atoms. The summed E-state index contributed by atoms with van der Waals surface area (Å²) in [5.41, 5.74) is -2.77. The average molecular weight is 315 g/mol. The molecule has 1 saturated heterocycles. The van der Waals surface area contributed by atoms with E-state index in [2.05, 4.69) is 14.9 Å². The molecule has 9 heteroatoms. The Balaban J connectivity index is 2.25. The number of ether oxygens (including phenoxy) is 1. The first-order valence-electron chi connectivity index (χ1n) is 6.72. The predicted molar refractivity (Wildman–Crippen MR) is 74.5 cm³/mol. The Morgan fingerprint density at radius 3 is 2.78 bits per heavy atom. The van der Waals surface area contributed by atoms with E-state index in [1.807, 2.05) is 6.07 Å². The number of hydrogen-bond donors (Lipinski definition) is 3. The number of fused-ring (bicyclic) bond motifs is 1. The summed E-state index contributed by atoms with van der Waals surface area (Å²) in [4.78, 5) is 7.13. The van der Waals surface area contributed by atoms with E-state index >= 15 is 0 Å². The minimum Gasteiger partial charge on any atom is -0.385 e. The Kier molecular flexibility index (Phi) is 3.32. The van der Waals surface area contributed by atoms with E-state index in [4.69, 9.17) is 11.3 Å². The summed E-state index contributed by atoms with van der Waals surface area (Å²) in [6.45, 7) is 8.05. The number of rotatable bonds is 2. The fraction of sp³-hybridized carbons (Fsp3) is 0.429. The molecule has 0 aromatic carbocycles. The summed E-state index contributed by atoms with van der Waals surface area (Å²) in [6.07, 6.45) is -2.21. The van der Waals surface area contributed by atoms with E-state index in [1.165, 1.54) is 16.9 Å². The molecule has 3 heterocycles. The molecule has 0 bridgehead atoms. The van der Waals surface area contributed by atoms with Gasteiger partial charge in [-0.1, -0.05) is 0 Å². The van der Waals surface area contributed by atoms with Crippen LogP contribution in [0.5, 0.6) is 0 Å². The van der Waals surface area contributed by atoms with Crippen molar-refractivity contribution in [2.24, 2.45) is 0 Å². The van der Waals surface area contributed by atoms with E-state index in [-0.39, 0.29) is 5.69 Å². The largest absolute Gasteiger partial charge is 0.390 e. The molecule has 4 atom stereocenters. The van der Waals surface area contributed by atoms with Gasteiger partial charge in [0.2, 0.25) is 5.60 Å². The van der Waals surface area contributed by atoms with E-state index < -0.39 is 30.1 Å². The summed E-state index contributed by atoms with van der Waals surface area (Å²) in [5, 5.41) is 43.7. The maximum atomic E-state index is 10.4. The lowest BCUT2D eigenvalue weighted by molar-refractivity contribution is -0.108. The number of aliphatic hydroxyl groups is 3. The van der Waals surface area contributed by atoms with Gasteiger partial charge in [-0.3, -0.25) is 9.58 Å². The van der Waals surface area contributed by atoms with E-state index in [1.54, 1.807) is 13.0 Å². The predicted octanol–water partition coefficient (Wildman–Crippen LogP) is -0.884. The zero-order chi connectivity index (χ0) is 16.8. The van der Waals surface area contributed by atoms with Crippen LogP contribution < -0.4 is 0 Å². The van der Waals surface area contributed by atoms with Crippen LogP contribution in [0.15, 0.2) is 18.5 Å². The zero-order valence-electron chi connectivity index (χ0n) is 12.1. The van der Waals surface area contributed by atoms with Gasteiger partial charge in [-0.15, -0.1) is 0 Å². The molecule has 9 nitrogen and oxygen atoms in total. The third-order valence-corrected chi connectivity index (χ3v) is 4.12. The smallest absolute Gasteiger partial charge is 0.385 e. The lowest BCUT2D eigenvalue weighted by Gasteiger charge is -2.23. The first kappa shape index (κ1) is 15.3.